The van der Waals surface area contributed by atoms with Gasteiger partial charge in [0.15, 0.2) is 9.84 Å². The van der Waals surface area contributed by atoms with E-state index >= 15 is 0 Å². The van der Waals surface area contributed by atoms with Gasteiger partial charge in [-0.3, -0.25) is 0 Å². The van der Waals surface area contributed by atoms with Gasteiger partial charge in [-0.2, -0.15) is 0 Å². The molecule has 0 amide bonds. The van der Waals surface area contributed by atoms with Crippen LogP contribution in [-0.4, -0.2) is 37.2 Å². The van der Waals surface area contributed by atoms with E-state index in [1.54, 1.807) is 12.1 Å². The van der Waals surface area contributed by atoms with Crippen molar-refractivity contribution in [1.29, 1.82) is 0 Å². The summed E-state index contributed by atoms with van der Waals surface area (Å²) in [5, 5.41) is 8.89. The number of hydrogen-bond acceptors (Lipinski definition) is 4. The van der Waals surface area contributed by atoms with Gasteiger partial charge in [-0.25, -0.2) is 8.42 Å². The van der Waals surface area contributed by atoms with E-state index in [2.05, 4.69) is 13.0 Å². The summed E-state index contributed by atoms with van der Waals surface area (Å²) in [6, 6.07) is 7.08. The van der Waals surface area contributed by atoms with Gasteiger partial charge in [0.25, 0.3) is 0 Å². The zero-order valence-corrected chi connectivity index (χ0v) is 14.3. The highest BCUT2D eigenvalue weighted by Crippen LogP contribution is 2.38. The van der Waals surface area contributed by atoms with E-state index < -0.39 is 15.1 Å². The number of allylic oxidation sites excluding steroid dienone is 1. The zero-order valence-electron chi connectivity index (χ0n) is 13.5. The molecule has 1 saturated heterocycles. The molecule has 0 radical (unpaired) electrons. The Hall–Kier alpha value is -1.59. The molecule has 1 aromatic carbocycles. The van der Waals surface area contributed by atoms with E-state index in [0.717, 1.165) is 29.6 Å². The maximum absolute atomic E-state index is 12.1. The van der Waals surface area contributed by atoms with Crippen molar-refractivity contribution in [3.8, 4) is 5.75 Å². The van der Waals surface area contributed by atoms with Crippen LogP contribution < -0.4 is 0 Å². The summed E-state index contributed by atoms with van der Waals surface area (Å²) in [6.07, 6.45) is 3.67. The Morgan fingerprint density at radius 1 is 1.35 bits per heavy atom. The number of phenols is 1. The minimum atomic E-state index is -3.03. The third-order valence-electron chi connectivity index (χ3n) is 4.59. The summed E-state index contributed by atoms with van der Waals surface area (Å²) >= 11 is 0. The molecule has 1 aromatic rings. The molecule has 0 aromatic heterocycles. The van der Waals surface area contributed by atoms with Gasteiger partial charge in [0.2, 0.25) is 0 Å². The smallest absolute Gasteiger partial charge is 0.163 e. The maximum Gasteiger partial charge on any atom is 0.163 e. The summed E-state index contributed by atoms with van der Waals surface area (Å²) in [5.74, 6) is 0.449. The first-order valence-electron chi connectivity index (χ1n) is 7.86. The number of hydrogen-bond donors (Lipinski definition) is 1. The van der Waals surface area contributed by atoms with E-state index in [1.165, 1.54) is 5.57 Å². The first kappa shape index (κ1) is 16.3. The second-order valence-corrected chi connectivity index (χ2v) is 8.66. The summed E-state index contributed by atoms with van der Waals surface area (Å²) in [5.41, 5.74) is 4.23. The van der Waals surface area contributed by atoms with Gasteiger partial charge in [0.05, 0.1) is 18.5 Å². The summed E-state index contributed by atoms with van der Waals surface area (Å²) in [7, 11) is -3.03. The lowest BCUT2D eigenvalue weighted by Gasteiger charge is -2.12. The monoisotopic (exact) mass is 334 g/mol. The Labute approximate surface area is 137 Å². The van der Waals surface area contributed by atoms with Crippen LogP contribution in [0.4, 0.5) is 0 Å². The Morgan fingerprint density at radius 3 is 2.74 bits per heavy atom. The first-order valence-corrected chi connectivity index (χ1v) is 9.57. The molecule has 2 aliphatic heterocycles. The van der Waals surface area contributed by atoms with Crippen LogP contribution in [0.2, 0.25) is 0 Å². The molecule has 3 rings (SSSR count). The van der Waals surface area contributed by atoms with Crippen LogP contribution in [0.25, 0.3) is 6.08 Å². The van der Waals surface area contributed by atoms with Crippen LogP contribution >= 0.6 is 0 Å². The fourth-order valence-electron chi connectivity index (χ4n) is 3.45. The van der Waals surface area contributed by atoms with Crippen molar-refractivity contribution in [2.45, 2.75) is 38.0 Å². The normalized spacial score (nSPS) is 26.6. The third kappa shape index (κ3) is 3.35. The number of rotatable bonds is 4. The lowest BCUT2D eigenvalue weighted by Crippen LogP contribution is -2.19. The van der Waals surface area contributed by atoms with E-state index in [4.69, 9.17) is 4.74 Å². The molecule has 2 heterocycles. The lowest BCUT2D eigenvalue weighted by molar-refractivity contribution is 0.118. The minimum absolute atomic E-state index is 0.0690. The van der Waals surface area contributed by atoms with Crippen LogP contribution in [0.5, 0.6) is 5.75 Å². The van der Waals surface area contributed by atoms with Crippen molar-refractivity contribution >= 4 is 15.9 Å². The molecule has 0 spiro atoms. The van der Waals surface area contributed by atoms with Crippen molar-refractivity contribution in [2.75, 3.05) is 12.4 Å². The molecule has 124 valence electrons. The number of sulfone groups is 1. The van der Waals surface area contributed by atoms with Gasteiger partial charge in [-0.05, 0) is 50.0 Å². The van der Waals surface area contributed by atoms with Crippen molar-refractivity contribution in [2.24, 2.45) is 0 Å². The number of fused-ring (bicyclic) bond motifs is 1. The second kappa shape index (κ2) is 6.13. The molecule has 2 atom stereocenters. The molecule has 1 fully saturated rings. The molecule has 2 aliphatic rings. The number of benzene rings is 1. The Morgan fingerprint density at radius 2 is 2.04 bits per heavy atom. The standard InChI is InChI=1S/C18H22O4S/c1-12(9-14-4-6-15(19)7-5-14)3-8-16-18-13(2)11-23(20,21)17(18)10-22-16/h4-7,9,16-17,19H,3,8,10-11H2,1-2H3/b12-9+/t16-,17+/m1/s1. The molecule has 5 heteroatoms. The van der Waals surface area contributed by atoms with Gasteiger partial charge < -0.3 is 9.84 Å². The Bertz CT molecular complexity index is 757. The number of phenolic OH excluding ortho intramolecular Hbond substituents is 1. The largest absolute Gasteiger partial charge is 0.508 e. The highest BCUT2D eigenvalue weighted by atomic mass is 32.2. The fraction of sp³-hybridized carbons (Fsp3) is 0.444. The van der Waals surface area contributed by atoms with Gasteiger partial charge in [0, 0.05) is 0 Å². The molecule has 0 unspecified atom stereocenters. The van der Waals surface area contributed by atoms with E-state index in [1.807, 2.05) is 19.1 Å². The Balaban J connectivity index is 1.65. The van der Waals surface area contributed by atoms with Crippen molar-refractivity contribution < 1.29 is 18.3 Å². The average molecular weight is 334 g/mol. The number of ether oxygens (including phenoxy) is 1. The highest BCUT2D eigenvalue weighted by molar-refractivity contribution is 7.92. The Kier molecular flexibility index (Phi) is 4.34. The van der Waals surface area contributed by atoms with E-state index in [-0.39, 0.29) is 17.6 Å². The molecule has 0 saturated carbocycles. The number of aromatic hydroxyl groups is 1. The van der Waals surface area contributed by atoms with Crippen molar-refractivity contribution in [1.82, 2.24) is 0 Å². The first-order chi connectivity index (χ1) is 10.9. The van der Waals surface area contributed by atoms with Gasteiger partial charge in [-0.15, -0.1) is 0 Å². The quantitative estimate of drug-likeness (QED) is 0.860. The van der Waals surface area contributed by atoms with Gasteiger partial charge >= 0.3 is 0 Å². The van der Waals surface area contributed by atoms with E-state index in [0.29, 0.717) is 6.61 Å². The van der Waals surface area contributed by atoms with Crippen molar-refractivity contribution in [3.05, 3.63) is 46.5 Å². The maximum atomic E-state index is 12.1. The molecule has 0 bridgehead atoms. The van der Waals surface area contributed by atoms with E-state index in [9.17, 15) is 13.5 Å². The summed E-state index contributed by atoms with van der Waals surface area (Å²) in [4.78, 5) is 0. The molecule has 23 heavy (non-hydrogen) atoms. The summed E-state index contributed by atoms with van der Waals surface area (Å²) < 4.78 is 29.9. The highest BCUT2D eigenvalue weighted by Gasteiger charge is 2.45. The van der Waals surface area contributed by atoms with Crippen LogP contribution in [-0.2, 0) is 14.6 Å². The van der Waals surface area contributed by atoms with Crippen LogP contribution in [0.1, 0.15) is 32.3 Å². The molecule has 4 nitrogen and oxygen atoms in total. The van der Waals surface area contributed by atoms with Crippen molar-refractivity contribution in [3.63, 3.8) is 0 Å². The van der Waals surface area contributed by atoms with Crippen LogP contribution in [0.3, 0.4) is 0 Å². The summed E-state index contributed by atoms with van der Waals surface area (Å²) in [6.45, 7) is 4.28. The second-order valence-electron chi connectivity index (χ2n) is 6.47. The molecular weight excluding hydrogens is 312 g/mol. The molecule has 0 aliphatic carbocycles. The topological polar surface area (TPSA) is 63.6 Å². The average Bonchev–Trinajstić information content (AvgIpc) is 3.00. The van der Waals surface area contributed by atoms with Crippen LogP contribution in [0, 0.1) is 0 Å². The fourth-order valence-corrected chi connectivity index (χ4v) is 5.44. The lowest BCUT2D eigenvalue weighted by atomic mass is 9.98. The zero-order chi connectivity index (χ0) is 16.6. The third-order valence-corrected chi connectivity index (χ3v) is 6.69. The predicted molar refractivity (Wildman–Crippen MR) is 91.0 cm³/mol. The predicted octanol–water partition coefficient (Wildman–Crippen LogP) is 3.09. The van der Waals surface area contributed by atoms with Crippen LogP contribution in [0.15, 0.2) is 41.0 Å². The molecular formula is C18H22O4S. The minimum Gasteiger partial charge on any atom is -0.508 e. The molecule has 1 N–H and O–H groups in total. The van der Waals surface area contributed by atoms with Gasteiger partial charge in [0.1, 0.15) is 11.0 Å². The van der Waals surface area contributed by atoms with Gasteiger partial charge in [-0.1, -0.05) is 29.4 Å². The SMILES string of the molecule is CC1=C2[C@@H](CC/C(C)=C/c3ccc(O)cc3)OC[C@@H]2S(=O)(=O)C1.